The fourth-order valence-corrected chi connectivity index (χ4v) is 1.63. The van der Waals surface area contributed by atoms with Crippen LogP contribution < -0.4 is 4.90 Å². The van der Waals surface area contributed by atoms with Crippen molar-refractivity contribution >= 4 is 33.9 Å². The average Bonchev–Trinajstić information content (AvgIpc) is 2.23. The minimum absolute atomic E-state index is 0.0605. The molecule has 0 aliphatic heterocycles. The molecule has 0 unspecified atom stereocenters. The maximum Gasteiger partial charge on any atom is 0.425 e. The predicted octanol–water partition coefficient (Wildman–Crippen LogP) is 3.92. The molecule has 7 nitrogen and oxygen atoms in total. The number of hydrogen-bond donors (Lipinski definition) is 0. The second-order valence-corrected chi connectivity index (χ2v) is 7.19. The SMILES string of the molecule is CC(C)(C)OC(=O)N(C(=O)OC(C)(C)C)c1ccnc(Br)n1. The second-order valence-electron chi connectivity index (χ2n) is 6.48. The number of imide groups is 1. The van der Waals surface area contributed by atoms with Crippen LogP contribution in [0.5, 0.6) is 0 Å². The number of carbonyl (C=O) groups is 2. The van der Waals surface area contributed by atoms with E-state index in [0.29, 0.717) is 0 Å². The lowest BCUT2D eigenvalue weighted by Gasteiger charge is -2.27. The molecule has 0 N–H and O–H groups in total. The van der Waals surface area contributed by atoms with Crippen molar-refractivity contribution in [3.63, 3.8) is 0 Å². The Morgan fingerprint density at radius 1 is 1.05 bits per heavy atom. The van der Waals surface area contributed by atoms with E-state index in [9.17, 15) is 9.59 Å². The molecule has 0 aromatic carbocycles. The summed E-state index contributed by atoms with van der Waals surface area (Å²) in [4.78, 5) is 33.3. The van der Waals surface area contributed by atoms with Gasteiger partial charge in [-0.2, -0.15) is 4.90 Å². The third-order valence-electron chi connectivity index (χ3n) is 1.99. The van der Waals surface area contributed by atoms with Gasteiger partial charge in [-0.05, 0) is 57.5 Å². The highest BCUT2D eigenvalue weighted by atomic mass is 79.9. The van der Waals surface area contributed by atoms with Crippen molar-refractivity contribution in [2.24, 2.45) is 0 Å². The van der Waals surface area contributed by atoms with Gasteiger partial charge in [-0.3, -0.25) is 0 Å². The minimum atomic E-state index is -0.868. The summed E-state index contributed by atoms with van der Waals surface area (Å²) in [5, 5.41) is 0. The highest BCUT2D eigenvalue weighted by Gasteiger charge is 2.33. The van der Waals surface area contributed by atoms with Gasteiger partial charge < -0.3 is 9.47 Å². The molecule has 0 aliphatic carbocycles. The highest BCUT2D eigenvalue weighted by Crippen LogP contribution is 2.20. The van der Waals surface area contributed by atoms with E-state index in [1.54, 1.807) is 41.5 Å². The van der Waals surface area contributed by atoms with E-state index < -0.39 is 23.4 Å². The first-order valence-corrected chi connectivity index (χ1v) is 7.43. The van der Waals surface area contributed by atoms with E-state index in [-0.39, 0.29) is 10.6 Å². The van der Waals surface area contributed by atoms with Gasteiger partial charge in [-0.1, -0.05) is 0 Å². The van der Waals surface area contributed by atoms with E-state index in [0.717, 1.165) is 4.90 Å². The van der Waals surface area contributed by atoms with Gasteiger partial charge in [0, 0.05) is 12.3 Å². The van der Waals surface area contributed by atoms with E-state index in [1.165, 1.54) is 12.3 Å². The van der Waals surface area contributed by atoms with Crippen LogP contribution in [0, 0.1) is 0 Å². The normalized spacial score (nSPS) is 11.8. The van der Waals surface area contributed by atoms with Gasteiger partial charge in [0.2, 0.25) is 0 Å². The lowest BCUT2D eigenvalue weighted by Crippen LogP contribution is -2.44. The lowest BCUT2D eigenvalue weighted by atomic mass is 10.2. The van der Waals surface area contributed by atoms with Gasteiger partial charge in [-0.25, -0.2) is 19.6 Å². The van der Waals surface area contributed by atoms with Gasteiger partial charge >= 0.3 is 12.2 Å². The second kappa shape index (κ2) is 6.60. The van der Waals surface area contributed by atoms with Gasteiger partial charge in [-0.15, -0.1) is 0 Å². The third kappa shape index (κ3) is 5.97. The van der Waals surface area contributed by atoms with Gasteiger partial charge in [0.1, 0.15) is 11.2 Å². The number of anilines is 1. The molecule has 1 rings (SSSR count). The Bertz CT molecular complexity index is 536. The third-order valence-corrected chi connectivity index (χ3v) is 2.37. The van der Waals surface area contributed by atoms with Gasteiger partial charge in [0.25, 0.3) is 0 Å². The molecule has 0 spiro atoms. The summed E-state index contributed by atoms with van der Waals surface area (Å²) in [6.45, 7) is 10.2. The van der Waals surface area contributed by atoms with Crippen molar-refractivity contribution in [2.75, 3.05) is 4.90 Å². The summed E-state index contributed by atoms with van der Waals surface area (Å²) in [5.74, 6) is 0.0605. The van der Waals surface area contributed by atoms with Gasteiger partial charge in [0.15, 0.2) is 10.6 Å². The lowest BCUT2D eigenvalue weighted by molar-refractivity contribution is 0.0429. The summed E-state index contributed by atoms with van der Waals surface area (Å²) in [6, 6.07) is 1.42. The molecule has 22 heavy (non-hydrogen) atoms. The molecule has 0 fully saturated rings. The first-order chi connectivity index (χ1) is 9.89. The molecule has 2 amide bonds. The van der Waals surface area contributed by atoms with Crippen LogP contribution in [-0.4, -0.2) is 33.4 Å². The highest BCUT2D eigenvalue weighted by molar-refractivity contribution is 9.10. The first-order valence-electron chi connectivity index (χ1n) is 6.64. The predicted molar refractivity (Wildman–Crippen MR) is 84.7 cm³/mol. The van der Waals surface area contributed by atoms with Crippen LogP contribution >= 0.6 is 15.9 Å². The number of rotatable bonds is 1. The molecule has 1 aromatic rings. The van der Waals surface area contributed by atoms with Gasteiger partial charge in [0.05, 0.1) is 0 Å². The van der Waals surface area contributed by atoms with Crippen LogP contribution in [0.3, 0.4) is 0 Å². The molecule has 1 heterocycles. The molecule has 122 valence electrons. The van der Waals surface area contributed by atoms with E-state index in [4.69, 9.17) is 9.47 Å². The molecule has 0 radical (unpaired) electrons. The summed E-state index contributed by atoms with van der Waals surface area (Å²) >= 11 is 3.10. The van der Waals surface area contributed by atoms with Crippen LogP contribution in [0.15, 0.2) is 17.0 Å². The Morgan fingerprint density at radius 3 is 1.86 bits per heavy atom. The first kappa shape index (κ1) is 18.3. The van der Waals surface area contributed by atoms with Crippen molar-refractivity contribution in [3.8, 4) is 0 Å². The maximum absolute atomic E-state index is 12.3. The fraction of sp³-hybridized carbons (Fsp3) is 0.571. The topological polar surface area (TPSA) is 81.6 Å². The number of aromatic nitrogens is 2. The van der Waals surface area contributed by atoms with E-state index in [1.807, 2.05) is 0 Å². The van der Waals surface area contributed by atoms with Crippen molar-refractivity contribution in [2.45, 2.75) is 52.7 Å². The quantitative estimate of drug-likeness (QED) is 0.693. The van der Waals surface area contributed by atoms with Crippen LogP contribution in [0.25, 0.3) is 0 Å². The van der Waals surface area contributed by atoms with Crippen LogP contribution in [0.1, 0.15) is 41.5 Å². The molecule has 0 atom stereocenters. The average molecular weight is 374 g/mol. The maximum atomic E-state index is 12.3. The Balaban J connectivity index is 3.15. The molecular formula is C14H20BrN3O4. The Hall–Kier alpha value is -1.70. The number of amides is 2. The molecule has 0 aliphatic rings. The molecule has 0 saturated carbocycles. The molecule has 8 heteroatoms. The van der Waals surface area contributed by atoms with Crippen LogP contribution in [0.4, 0.5) is 15.4 Å². The number of hydrogen-bond acceptors (Lipinski definition) is 6. The monoisotopic (exact) mass is 373 g/mol. The summed E-state index contributed by atoms with van der Waals surface area (Å²) in [7, 11) is 0. The smallest absolute Gasteiger partial charge is 0.425 e. The number of ether oxygens (including phenoxy) is 2. The summed E-state index contributed by atoms with van der Waals surface area (Å²) < 4.78 is 10.7. The Kier molecular flexibility index (Phi) is 5.50. The van der Waals surface area contributed by atoms with Crippen LogP contribution in [0.2, 0.25) is 0 Å². The van der Waals surface area contributed by atoms with E-state index in [2.05, 4.69) is 25.9 Å². The van der Waals surface area contributed by atoms with Crippen molar-refractivity contribution in [1.82, 2.24) is 9.97 Å². The fourth-order valence-electron chi connectivity index (χ4n) is 1.33. The zero-order chi connectivity index (χ0) is 17.1. The molecule has 1 aromatic heterocycles. The number of carbonyl (C=O) groups excluding carboxylic acids is 2. The molecule has 0 bridgehead atoms. The number of halogens is 1. The summed E-state index contributed by atoms with van der Waals surface area (Å²) in [5.41, 5.74) is -1.52. The Morgan fingerprint density at radius 2 is 1.50 bits per heavy atom. The zero-order valence-electron chi connectivity index (χ0n) is 13.5. The zero-order valence-corrected chi connectivity index (χ0v) is 15.1. The molecular weight excluding hydrogens is 354 g/mol. The standard InChI is InChI=1S/C14H20BrN3O4/c1-13(2,3)21-11(19)18(12(20)22-14(4,5)6)9-7-8-16-10(15)17-9/h7-8H,1-6H3. The van der Waals surface area contributed by atoms with Crippen molar-refractivity contribution in [3.05, 3.63) is 17.0 Å². The number of nitrogens with zero attached hydrogens (tertiary/aromatic N) is 3. The van der Waals surface area contributed by atoms with E-state index >= 15 is 0 Å². The summed E-state index contributed by atoms with van der Waals surface area (Å²) in [6.07, 6.45) is -0.326. The minimum Gasteiger partial charge on any atom is -0.443 e. The Labute approximate surface area is 138 Å². The van der Waals surface area contributed by atoms with Crippen molar-refractivity contribution < 1.29 is 19.1 Å². The van der Waals surface area contributed by atoms with Crippen molar-refractivity contribution in [1.29, 1.82) is 0 Å². The largest absolute Gasteiger partial charge is 0.443 e. The molecule has 0 saturated heterocycles. The van der Waals surface area contributed by atoms with Crippen LogP contribution in [-0.2, 0) is 9.47 Å².